The van der Waals surface area contributed by atoms with Gasteiger partial charge in [0.25, 0.3) is 0 Å². The Morgan fingerprint density at radius 1 is 1.19 bits per heavy atom. The minimum Gasteiger partial charge on any atom is -0.385 e. The van der Waals surface area contributed by atoms with Gasteiger partial charge in [-0.15, -0.1) is 0 Å². The third kappa shape index (κ3) is 3.96. The zero-order valence-electron chi connectivity index (χ0n) is 12.9. The summed E-state index contributed by atoms with van der Waals surface area (Å²) in [6.07, 6.45) is 1.46. The van der Waals surface area contributed by atoms with Gasteiger partial charge in [0.1, 0.15) is 0 Å². The first-order valence-electron chi connectivity index (χ1n) is 7.39. The molecule has 0 aromatic heterocycles. The van der Waals surface area contributed by atoms with Crippen LogP contribution in [0.3, 0.4) is 0 Å². The molecule has 0 spiro atoms. The molecule has 1 aromatic rings. The molecule has 0 radical (unpaired) electrons. The Morgan fingerprint density at radius 3 is 2.29 bits per heavy atom. The molecule has 5 nitrogen and oxygen atoms in total. The standard InChI is InChI=1S/C15H24N2O3S/c1-4-16-14-9-11(2)15(12(3)10-14)21(18,19)17-13-5-7-20-8-6-13/h9-10,13,16-17H,4-8H2,1-3H3. The van der Waals surface area contributed by atoms with E-state index in [1.54, 1.807) is 0 Å². The first-order chi connectivity index (χ1) is 9.94. The predicted molar refractivity (Wildman–Crippen MR) is 84.2 cm³/mol. The number of hydrogen-bond donors (Lipinski definition) is 2. The summed E-state index contributed by atoms with van der Waals surface area (Å²) in [4.78, 5) is 0.399. The molecular formula is C15H24N2O3S. The van der Waals surface area contributed by atoms with Crippen LogP contribution in [0.4, 0.5) is 5.69 Å². The number of ether oxygens (including phenoxy) is 1. The van der Waals surface area contributed by atoms with Gasteiger partial charge in [-0.1, -0.05) is 0 Å². The van der Waals surface area contributed by atoms with Crippen molar-refractivity contribution in [3.8, 4) is 0 Å². The van der Waals surface area contributed by atoms with Crippen molar-refractivity contribution in [2.75, 3.05) is 25.1 Å². The molecular weight excluding hydrogens is 288 g/mol. The zero-order valence-corrected chi connectivity index (χ0v) is 13.7. The average Bonchev–Trinajstić information content (AvgIpc) is 2.38. The van der Waals surface area contributed by atoms with Gasteiger partial charge in [0.2, 0.25) is 10.0 Å². The zero-order chi connectivity index (χ0) is 15.5. The molecule has 0 bridgehead atoms. The molecule has 0 atom stereocenters. The molecule has 1 fully saturated rings. The molecule has 0 aliphatic carbocycles. The van der Waals surface area contributed by atoms with E-state index in [1.165, 1.54) is 0 Å². The van der Waals surface area contributed by atoms with E-state index in [1.807, 2.05) is 32.9 Å². The van der Waals surface area contributed by atoms with Crippen molar-refractivity contribution in [1.29, 1.82) is 0 Å². The Morgan fingerprint density at radius 2 is 1.76 bits per heavy atom. The van der Waals surface area contributed by atoms with E-state index in [4.69, 9.17) is 4.74 Å². The molecule has 1 heterocycles. The number of rotatable bonds is 5. The van der Waals surface area contributed by atoms with E-state index in [2.05, 4.69) is 10.0 Å². The van der Waals surface area contributed by atoms with Gasteiger partial charge in [-0.2, -0.15) is 0 Å². The smallest absolute Gasteiger partial charge is 0.241 e. The van der Waals surface area contributed by atoms with Crippen LogP contribution in [0.2, 0.25) is 0 Å². The Labute approximate surface area is 127 Å². The van der Waals surface area contributed by atoms with Gasteiger partial charge in [0.05, 0.1) is 4.90 Å². The van der Waals surface area contributed by atoms with E-state index in [0.717, 1.165) is 36.2 Å². The normalized spacial score (nSPS) is 16.9. The Balaban J connectivity index is 2.26. The third-order valence-corrected chi connectivity index (χ3v) is 5.48. The predicted octanol–water partition coefficient (Wildman–Crippen LogP) is 2.19. The van der Waals surface area contributed by atoms with E-state index >= 15 is 0 Å². The minimum absolute atomic E-state index is 0.0315. The fourth-order valence-corrected chi connectivity index (χ4v) is 4.53. The molecule has 6 heteroatoms. The lowest BCUT2D eigenvalue weighted by molar-refractivity contribution is 0.0832. The molecule has 0 saturated carbocycles. The SMILES string of the molecule is CCNc1cc(C)c(S(=O)(=O)NC2CCOCC2)c(C)c1. The van der Waals surface area contributed by atoms with Crippen LogP contribution < -0.4 is 10.0 Å². The highest BCUT2D eigenvalue weighted by molar-refractivity contribution is 7.89. The summed E-state index contributed by atoms with van der Waals surface area (Å²) >= 11 is 0. The highest BCUT2D eigenvalue weighted by atomic mass is 32.2. The van der Waals surface area contributed by atoms with Crippen LogP contribution in [0.15, 0.2) is 17.0 Å². The van der Waals surface area contributed by atoms with Crippen LogP contribution >= 0.6 is 0 Å². The molecule has 1 saturated heterocycles. The first-order valence-corrected chi connectivity index (χ1v) is 8.87. The van der Waals surface area contributed by atoms with Crippen LogP contribution in [-0.4, -0.2) is 34.2 Å². The Bertz CT molecular complexity index is 570. The number of benzene rings is 1. The summed E-state index contributed by atoms with van der Waals surface area (Å²) in [6.45, 7) is 7.74. The summed E-state index contributed by atoms with van der Waals surface area (Å²) in [5.41, 5.74) is 2.49. The van der Waals surface area contributed by atoms with Crippen LogP contribution in [0, 0.1) is 13.8 Å². The molecule has 0 unspecified atom stereocenters. The minimum atomic E-state index is -3.49. The molecule has 1 aliphatic rings. The lowest BCUT2D eigenvalue weighted by Crippen LogP contribution is -2.39. The maximum absolute atomic E-state index is 12.6. The van der Waals surface area contributed by atoms with Gasteiger partial charge in [0.15, 0.2) is 0 Å². The first kappa shape index (κ1) is 16.3. The van der Waals surface area contributed by atoms with E-state index in [0.29, 0.717) is 18.1 Å². The number of hydrogen-bond acceptors (Lipinski definition) is 4. The average molecular weight is 312 g/mol. The van der Waals surface area contributed by atoms with Gasteiger partial charge in [-0.05, 0) is 56.9 Å². The molecule has 0 amide bonds. The Kier molecular flexibility index (Phi) is 5.24. The molecule has 2 N–H and O–H groups in total. The molecule has 2 rings (SSSR count). The van der Waals surface area contributed by atoms with Gasteiger partial charge in [-0.25, -0.2) is 13.1 Å². The number of aryl methyl sites for hydroxylation is 2. The second-order valence-electron chi connectivity index (χ2n) is 5.48. The van der Waals surface area contributed by atoms with Gasteiger partial charge in [0, 0.05) is 31.5 Å². The summed E-state index contributed by atoms with van der Waals surface area (Å²) in [6, 6.07) is 3.74. The highest BCUT2D eigenvalue weighted by Crippen LogP contribution is 2.25. The Hall–Kier alpha value is -1.11. The van der Waals surface area contributed by atoms with Crippen molar-refractivity contribution in [3.05, 3.63) is 23.3 Å². The highest BCUT2D eigenvalue weighted by Gasteiger charge is 2.25. The van der Waals surface area contributed by atoms with Crippen LogP contribution in [0.5, 0.6) is 0 Å². The summed E-state index contributed by atoms with van der Waals surface area (Å²) in [7, 11) is -3.49. The lowest BCUT2D eigenvalue weighted by Gasteiger charge is -2.24. The largest absolute Gasteiger partial charge is 0.385 e. The van der Waals surface area contributed by atoms with Crippen molar-refractivity contribution in [1.82, 2.24) is 4.72 Å². The summed E-state index contributed by atoms with van der Waals surface area (Å²) in [5, 5.41) is 3.22. The molecule has 1 aromatic carbocycles. The number of anilines is 1. The van der Waals surface area contributed by atoms with Crippen molar-refractivity contribution in [2.45, 2.75) is 44.6 Å². The van der Waals surface area contributed by atoms with Crippen LogP contribution in [0.1, 0.15) is 30.9 Å². The van der Waals surface area contributed by atoms with Crippen molar-refractivity contribution < 1.29 is 13.2 Å². The van der Waals surface area contributed by atoms with Crippen molar-refractivity contribution >= 4 is 15.7 Å². The van der Waals surface area contributed by atoms with E-state index < -0.39 is 10.0 Å². The fourth-order valence-electron chi connectivity index (χ4n) is 2.77. The fraction of sp³-hybridized carbons (Fsp3) is 0.600. The molecule has 1 aliphatic heterocycles. The van der Waals surface area contributed by atoms with Crippen LogP contribution in [0.25, 0.3) is 0 Å². The second kappa shape index (κ2) is 6.77. The van der Waals surface area contributed by atoms with E-state index in [9.17, 15) is 8.42 Å². The number of sulfonamides is 1. The maximum atomic E-state index is 12.6. The molecule has 21 heavy (non-hydrogen) atoms. The maximum Gasteiger partial charge on any atom is 0.241 e. The third-order valence-electron chi connectivity index (χ3n) is 3.65. The summed E-state index contributed by atoms with van der Waals surface area (Å²) < 4.78 is 33.4. The quantitative estimate of drug-likeness (QED) is 0.874. The van der Waals surface area contributed by atoms with Crippen LogP contribution in [-0.2, 0) is 14.8 Å². The number of nitrogens with one attached hydrogen (secondary N) is 2. The van der Waals surface area contributed by atoms with Gasteiger partial charge in [-0.3, -0.25) is 0 Å². The lowest BCUT2D eigenvalue weighted by atomic mass is 10.1. The van der Waals surface area contributed by atoms with Crippen molar-refractivity contribution in [2.24, 2.45) is 0 Å². The topological polar surface area (TPSA) is 67.4 Å². The second-order valence-corrected chi connectivity index (χ2v) is 7.13. The summed E-state index contributed by atoms with van der Waals surface area (Å²) in [5.74, 6) is 0. The van der Waals surface area contributed by atoms with Gasteiger partial charge < -0.3 is 10.1 Å². The monoisotopic (exact) mass is 312 g/mol. The van der Waals surface area contributed by atoms with Gasteiger partial charge >= 0.3 is 0 Å². The van der Waals surface area contributed by atoms with Crippen molar-refractivity contribution in [3.63, 3.8) is 0 Å². The molecule has 118 valence electrons. The van der Waals surface area contributed by atoms with E-state index in [-0.39, 0.29) is 6.04 Å².